The average Bonchev–Trinajstić information content (AvgIpc) is 2.72. The Balaban J connectivity index is 1.86. The smallest absolute Gasteiger partial charge is 0.342 e. The van der Waals surface area contributed by atoms with Gasteiger partial charge in [-0.3, -0.25) is 0 Å². The van der Waals surface area contributed by atoms with Crippen LogP contribution in [-0.2, 0) is 18.0 Å². The second-order valence-corrected chi connectivity index (χ2v) is 7.83. The number of hydrogen-bond donors (Lipinski definition) is 0. The molecule has 156 valence electrons. The molecule has 0 atom stereocenters. The number of esters is 1. The molecule has 0 radical (unpaired) electrons. The number of rotatable bonds is 7. The van der Waals surface area contributed by atoms with Crippen molar-refractivity contribution in [2.24, 2.45) is 0 Å². The highest BCUT2D eigenvalue weighted by Crippen LogP contribution is 2.31. The van der Waals surface area contributed by atoms with E-state index in [4.69, 9.17) is 14.2 Å². The minimum atomic E-state index is -0.716. The summed E-state index contributed by atoms with van der Waals surface area (Å²) < 4.78 is 31.6. The van der Waals surface area contributed by atoms with Gasteiger partial charge in [-0.25, -0.2) is 9.18 Å². The molecule has 0 N–H and O–H groups in total. The molecular formula is C25H25FO4. The Kier molecular flexibility index (Phi) is 6.72. The van der Waals surface area contributed by atoms with Crippen molar-refractivity contribution < 1.29 is 23.4 Å². The summed E-state index contributed by atoms with van der Waals surface area (Å²) in [7, 11) is 0. The molecule has 0 spiro atoms. The summed E-state index contributed by atoms with van der Waals surface area (Å²) in [6, 6.07) is 21.5. The summed E-state index contributed by atoms with van der Waals surface area (Å²) in [4.78, 5) is 12.6. The lowest BCUT2D eigenvalue weighted by molar-refractivity contribution is 0.00647. The van der Waals surface area contributed by atoms with Crippen LogP contribution in [0.2, 0.25) is 0 Å². The van der Waals surface area contributed by atoms with Crippen molar-refractivity contribution in [3.05, 3.63) is 95.3 Å². The molecule has 0 saturated heterocycles. The first-order valence-corrected chi connectivity index (χ1v) is 9.72. The first-order valence-electron chi connectivity index (χ1n) is 9.72. The first-order chi connectivity index (χ1) is 14.3. The highest BCUT2D eigenvalue weighted by atomic mass is 19.1. The standard InChI is InChI=1S/C25H25FO4/c1-25(2,3)30-24(27)20-14-21(26)23(29-17-19-12-8-5-9-13-19)15-22(20)28-16-18-10-6-4-7-11-18/h4-15H,16-17H2,1-3H3. The van der Waals surface area contributed by atoms with Gasteiger partial charge >= 0.3 is 5.97 Å². The van der Waals surface area contributed by atoms with Gasteiger partial charge in [0.25, 0.3) is 0 Å². The monoisotopic (exact) mass is 408 g/mol. The summed E-state index contributed by atoms with van der Waals surface area (Å²) >= 11 is 0. The average molecular weight is 408 g/mol. The van der Waals surface area contributed by atoms with Gasteiger partial charge in [-0.15, -0.1) is 0 Å². The van der Waals surface area contributed by atoms with E-state index in [0.717, 1.165) is 17.2 Å². The Morgan fingerprint density at radius 1 is 0.800 bits per heavy atom. The van der Waals surface area contributed by atoms with Gasteiger partial charge in [0.15, 0.2) is 11.6 Å². The second-order valence-electron chi connectivity index (χ2n) is 7.83. The third-order valence-electron chi connectivity index (χ3n) is 4.13. The van der Waals surface area contributed by atoms with Gasteiger partial charge in [0, 0.05) is 6.07 Å². The molecule has 0 unspecified atom stereocenters. The molecule has 0 fully saturated rings. The number of carbonyl (C=O) groups excluding carboxylic acids is 1. The molecule has 0 aliphatic rings. The van der Waals surface area contributed by atoms with E-state index in [1.807, 2.05) is 60.7 Å². The maximum atomic E-state index is 14.7. The van der Waals surface area contributed by atoms with Crippen LogP contribution in [0.25, 0.3) is 0 Å². The molecule has 0 aromatic heterocycles. The Morgan fingerprint density at radius 3 is 1.80 bits per heavy atom. The summed E-state index contributed by atoms with van der Waals surface area (Å²) in [5.74, 6) is -1.09. The number of carbonyl (C=O) groups is 1. The lowest BCUT2D eigenvalue weighted by Gasteiger charge is -2.21. The third kappa shape index (κ3) is 6.08. The van der Waals surface area contributed by atoms with Crippen molar-refractivity contribution in [1.29, 1.82) is 0 Å². The van der Waals surface area contributed by atoms with E-state index in [9.17, 15) is 9.18 Å². The van der Waals surface area contributed by atoms with E-state index >= 15 is 0 Å². The molecular weight excluding hydrogens is 383 g/mol. The van der Waals surface area contributed by atoms with E-state index in [1.165, 1.54) is 6.07 Å². The van der Waals surface area contributed by atoms with Gasteiger partial charge in [0.2, 0.25) is 0 Å². The summed E-state index contributed by atoms with van der Waals surface area (Å²) in [5, 5.41) is 0. The number of hydrogen-bond acceptors (Lipinski definition) is 4. The van der Waals surface area contributed by atoms with Gasteiger partial charge in [0.05, 0.1) is 0 Å². The number of benzene rings is 3. The van der Waals surface area contributed by atoms with Crippen LogP contribution in [0.4, 0.5) is 4.39 Å². The lowest BCUT2D eigenvalue weighted by atomic mass is 10.1. The van der Waals surface area contributed by atoms with Gasteiger partial charge in [0.1, 0.15) is 30.1 Å². The van der Waals surface area contributed by atoms with Gasteiger partial charge < -0.3 is 14.2 Å². The predicted octanol–water partition coefficient (Wildman–Crippen LogP) is 5.94. The summed E-state index contributed by atoms with van der Waals surface area (Å²) in [6.45, 7) is 5.68. The molecule has 5 heteroatoms. The van der Waals surface area contributed by atoms with Crippen LogP contribution in [0.5, 0.6) is 11.5 Å². The van der Waals surface area contributed by atoms with Crippen LogP contribution < -0.4 is 9.47 Å². The van der Waals surface area contributed by atoms with Gasteiger partial charge in [-0.1, -0.05) is 60.7 Å². The van der Waals surface area contributed by atoms with Crippen molar-refractivity contribution in [3.8, 4) is 11.5 Å². The molecule has 0 heterocycles. The zero-order valence-electron chi connectivity index (χ0n) is 17.4. The lowest BCUT2D eigenvalue weighted by Crippen LogP contribution is -2.24. The van der Waals surface area contributed by atoms with Crippen molar-refractivity contribution >= 4 is 5.97 Å². The van der Waals surface area contributed by atoms with Gasteiger partial charge in [-0.05, 0) is 38.0 Å². The highest BCUT2D eigenvalue weighted by Gasteiger charge is 2.24. The molecule has 3 aromatic rings. The maximum absolute atomic E-state index is 14.7. The molecule has 0 aliphatic heterocycles. The fourth-order valence-electron chi connectivity index (χ4n) is 2.73. The highest BCUT2D eigenvalue weighted by molar-refractivity contribution is 5.93. The SMILES string of the molecule is CC(C)(C)OC(=O)c1cc(F)c(OCc2ccccc2)cc1OCc1ccccc1. The van der Waals surface area contributed by atoms with Crippen LogP contribution in [0.15, 0.2) is 72.8 Å². The minimum Gasteiger partial charge on any atom is -0.488 e. The predicted molar refractivity (Wildman–Crippen MR) is 113 cm³/mol. The molecule has 30 heavy (non-hydrogen) atoms. The normalized spacial score (nSPS) is 11.1. The second kappa shape index (κ2) is 9.44. The van der Waals surface area contributed by atoms with Crippen molar-refractivity contribution in [3.63, 3.8) is 0 Å². The van der Waals surface area contributed by atoms with Crippen molar-refractivity contribution in [1.82, 2.24) is 0 Å². The molecule has 0 saturated carbocycles. The maximum Gasteiger partial charge on any atom is 0.342 e. The minimum absolute atomic E-state index is 0.00854. The molecule has 0 amide bonds. The Morgan fingerprint density at radius 2 is 1.30 bits per heavy atom. The summed E-state index contributed by atoms with van der Waals surface area (Å²) in [5.41, 5.74) is 1.13. The zero-order chi connectivity index (χ0) is 21.6. The van der Waals surface area contributed by atoms with E-state index in [-0.39, 0.29) is 30.3 Å². The van der Waals surface area contributed by atoms with E-state index in [2.05, 4.69) is 0 Å². The molecule has 4 nitrogen and oxygen atoms in total. The largest absolute Gasteiger partial charge is 0.488 e. The van der Waals surface area contributed by atoms with Crippen molar-refractivity contribution in [2.45, 2.75) is 39.6 Å². The van der Waals surface area contributed by atoms with E-state index < -0.39 is 17.4 Å². The molecule has 0 bridgehead atoms. The molecule has 0 aliphatic carbocycles. The number of halogens is 1. The Hall–Kier alpha value is -3.34. The molecule has 3 aromatic carbocycles. The summed E-state index contributed by atoms with van der Waals surface area (Å²) in [6.07, 6.45) is 0. The van der Waals surface area contributed by atoms with Gasteiger partial charge in [-0.2, -0.15) is 0 Å². The van der Waals surface area contributed by atoms with E-state index in [0.29, 0.717) is 0 Å². The van der Waals surface area contributed by atoms with E-state index in [1.54, 1.807) is 20.8 Å². The van der Waals surface area contributed by atoms with Crippen molar-refractivity contribution in [2.75, 3.05) is 0 Å². The Bertz CT molecular complexity index is 979. The first kappa shape index (κ1) is 21.4. The van der Waals surface area contributed by atoms with Crippen LogP contribution in [-0.4, -0.2) is 11.6 Å². The zero-order valence-corrected chi connectivity index (χ0v) is 17.4. The topological polar surface area (TPSA) is 44.8 Å². The third-order valence-corrected chi connectivity index (χ3v) is 4.13. The quantitative estimate of drug-likeness (QED) is 0.454. The Labute approximate surface area is 176 Å². The number of ether oxygens (including phenoxy) is 3. The fraction of sp³-hybridized carbons (Fsp3) is 0.240. The van der Waals surface area contributed by atoms with Crippen LogP contribution in [0, 0.1) is 5.82 Å². The fourth-order valence-corrected chi connectivity index (χ4v) is 2.73. The van der Waals surface area contributed by atoms with Crippen LogP contribution in [0.3, 0.4) is 0 Å². The van der Waals surface area contributed by atoms with Crippen LogP contribution in [0.1, 0.15) is 42.3 Å². The van der Waals surface area contributed by atoms with Crippen LogP contribution >= 0.6 is 0 Å². The molecule has 3 rings (SSSR count).